The summed E-state index contributed by atoms with van der Waals surface area (Å²) in [6.07, 6.45) is 2.71. The molecule has 2 rings (SSSR count). The second-order valence-electron chi connectivity index (χ2n) is 4.17. The number of hydrogen-bond acceptors (Lipinski definition) is 4. The summed E-state index contributed by atoms with van der Waals surface area (Å²) in [7, 11) is 0. The van der Waals surface area contributed by atoms with Crippen molar-refractivity contribution >= 4 is 17.3 Å². The number of benzene rings is 1. The average molecular weight is 276 g/mol. The summed E-state index contributed by atoms with van der Waals surface area (Å²) in [5, 5.41) is 15.5. The Morgan fingerprint density at radius 2 is 2.26 bits per heavy atom. The molecule has 4 nitrogen and oxygen atoms in total. The minimum Gasteiger partial charge on any atom is -0.478 e. The lowest BCUT2D eigenvalue weighted by Gasteiger charge is -2.15. The first-order chi connectivity index (χ1) is 9.22. The second kappa shape index (κ2) is 6.45. The highest BCUT2D eigenvalue weighted by atomic mass is 32.1. The van der Waals surface area contributed by atoms with Crippen LogP contribution in [0.15, 0.2) is 35.8 Å². The van der Waals surface area contributed by atoms with E-state index < -0.39 is 5.97 Å². The van der Waals surface area contributed by atoms with E-state index >= 15 is 0 Å². The molecule has 1 aromatic carbocycles. The van der Waals surface area contributed by atoms with Crippen molar-refractivity contribution in [1.29, 1.82) is 0 Å². The van der Waals surface area contributed by atoms with Crippen LogP contribution in [-0.2, 0) is 6.54 Å². The molecule has 0 saturated carbocycles. The summed E-state index contributed by atoms with van der Waals surface area (Å²) in [4.78, 5) is 15.4. The molecular formula is C14H16N2O2S. The van der Waals surface area contributed by atoms with Gasteiger partial charge in [-0.1, -0.05) is 25.1 Å². The van der Waals surface area contributed by atoms with Crippen molar-refractivity contribution in [3.8, 4) is 0 Å². The quantitative estimate of drug-likeness (QED) is 0.851. The molecule has 0 fully saturated rings. The number of carboxylic acid groups (broad SMARTS) is 1. The number of thiazole rings is 1. The highest BCUT2D eigenvalue weighted by Crippen LogP contribution is 2.20. The van der Waals surface area contributed by atoms with E-state index in [1.165, 1.54) is 0 Å². The minimum atomic E-state index is -0.889. The molecule has 1 heterocycles. The van der Waals surface area contributed by atoms with Gasteiger partial charge in [-0.25, -0.2) is 9.78 Å². The number of rotatable bonds is 6. The van der Waals surface area contributed by atoms with Crippen molar-refractivity contribution in [2.24, 2.45) is 0 Å². The molecule has 2 aromatic rings. The van der Waals surface area contributed by atoms with Gasteiger partial charge in [-0.15, -0.1) is 11.3 Å². The third kappa shape index (κ3) is 3.39. The van der Waals surface area contributed by atoms with Crippen LogP contribution in [0.5, 0.6) is 0 Å². The fraction of sp³-hybridized carbons (Fsp3) is 0.286. The molecule has 0 bridgehead atoms. The Hall–Kier alpha value is -1.72. The highest BCUT2D eigenvalue weighted by Gasteiger charge is 2.13. The van der Waals surface area contributed by atoms with E-state index in [1.54, 1.807) is 29.7 Å². The number of hydrogen-bond donors (Lipinski definition) is 2. The van der Waals surface area contributed by atoms with E-state index in [0.717, 1.165) is 17.0 Å². The summed E-state index contributed by atoms with van der Waals surface area (Å²) >= 11 is 1.61. The summed E-state index contributed by atoms with van der Waals surface area (Å²) < 4.78 is 0. The maximum Gasteiger partial charge on any atom is 0.336 e. The molecule has 0 aliphatic heterocycles. The first-order valence-electron chi connectivity index (χ1n) is 6.16. The van der Waals surface area contributed by atoms with E-state index in [0.29, 0.717) is 12.1 Å². The van der Waals surface area contributed by atoms with E-state index in [4.69, 9.17) is 5.11 Å². The zero-order chi connectivity index (χ0) is 13.7. The largest absolute Gasteiger partial charge is 0.478 e. The van der Waals surface area contributed by atoms with Crippen molar-refractivity contribution in [3.63, 3.8) is 0 Å². The molecule has 1 unspecified atom stereocenters. The van der Waals surface area contributed by atoms with Crippen molar-refractivity contribution < 1.29 is 9.90 Å². The van der Waals surface area contributed by atoms with Gasteiger partial charge in [0.25, 0.3) is 0 Å². The molecule has 0 aliphatic rings. The number of aromatic nitrogens is 1. The van der Waals surface area contributed by atoms with Crippen LogP contribution >= 0.6 is 11.3 Å². The fourth-order valence-corrected chi connectivity index (χ4v) is 2.73. The van der Waals surface area contributed by atoms with E-state index in [9.17, 15) is 4.79 Å². The van der Waals surface area contributed by atoms with Crippen molar-refractivity contribution in [3.05, 3.63) is 52.0 Å². The summed E-state index contributed by atoms with van der Waals surface area (Å²) in [6, 6.07) is 7.23. The average Bonchev–Trinajstić information content (AvgIpc) is 2.94. The fourth-order valence-electron chi connectivity index (χ4n) is 1.93. The first-order valence-corrected chi connectivity index (χ1v) is 7.04. The molecule has 5 heteroatoms. The monoisotopic (exact) mass is 276 g/mol. The van der Waals surface area contributed by atoms with Crippen molar-refractivity contribution in [1.82, 2.24) is 10.3 Å². The van der Waals surface area contributed by atoms with Crippen LogP contribution in [0.3, 0.4) is 0 Å². The molecule has 0 saturated heterocycles. The number of aromatic carboxylic acids is 1. The van der Waals surface area contributed by atoms with E-state index in [-0.39, 0.29) is 6.04 Å². The number of carbonyl (C=O) groups is 1. The molecule has 0 radical (unpaired) electrons. The van der Waals surface area contributed by atoms with Gasteiger partial charge in [-0.3, -0.25) is 0 Å². The molecule has 100 valence electrons. The van der Waals surface area contributed by atoms with Gasteiger partial charge in [-0.05, 0) is 18.1 Å². The number of carboxylic acids is 1. The third-order valence-electron chi connectivity index (χ3n) is 2.94. The molecular weight excluding hydrogens is 260 g/mol. The summed E-state index contributed by atoms with van der Waals surface area (Å²) in [6.45, 7) is 2.61. The van der Waals surface area contributed by atoms with Gasteiger partial charge in [0.05, 0.1) is 11.6 Å². The van der Waals surface area contributed by atoms with Crippen molar-refractivity contribution in [2.45, 2.75) is 25.9 Å². The highest BCUT2D eigenvalue weighted by molar-refractivity contribution is 7.09. The van der Waals surface area contributed by atoms with Gasteiger partial charge in [0.1, 0.15) is 5.01 Å². The van der Waals surface area contributed by atoms with Gasteiger partial charge in [0.15, 0.2) is 0 Å². The maximum atomic E-state index is 11.1. The molecule has 0 spiro atoms. The lowest BCUT2D eigenvalue weighted by Crippen LogP contribution is -2.21. The molecule has 1 aromatic heterocycles. The molecule has 2 N–H and O–H groups in total. The Bertz CT molecular complexity index is 540. The summed E-state index contributed by atoms with van der Waals surface area (Å²) in [5.74, 6) is -0.889. The van der Waals surface area contributed by atoms with Crippen LogP contribution in [0, 0.1) is 0 Å². The topological polar surface area (TPSA) is 62.2 Å². The predicted octanol–water partition coefficient (Wildman–Crippen LogP) is 3.08. The molecule has 1 atom stereocenters. The van der Waals surface area contributed by atoms with Gasteiger partial charge in [-0.2, -0.15) is 0 Å². The third-order valence-corrected chi connectivity index (χ3v) is 3.83. The smallest absolute Gasteiger partial charge is 0.336 e. The Morgan fingerprint density at radius 3 is 2.89 bits per heavy atom. The van der Waals surface area contributed by atoms with E-state index in [2.05, 4.69) is 17.2 Å². The lowest BCUT2D eigenvalue weighted by molar-refractivity contribution is 0.0695. The zero-order valence-electron chi connectivity index (χ0n) is 10.7. The van der Waals surface area contributed by atoms with Crippen LogP contribution in [-0.4, -0.2) is 16.1 Å². The molecule has 19 heavy (non-hydrogen) atoms. The Labute approximate surface area is 116 Å². The van der Waals surface area contributed by atoms with Gasteiger partial charge in [0.2, 0.25) is 0 Å². The molecule has 0 aliphatic carbocycles. The number of nitrogens with zero attached hydrogens (tertiary/aromatic N) is 1. The SMILES string of the molecule is CCC(NCc1ccccc1C(=O)O)c1nccs1. The van der Waals surface area contributed by atoms with Gasteiger partial charge in [0, 0.05) is 18.1 Å². The van der Waals surface area contributed by atoms with Gasteiger partial charge >= 0.3 is 5.97 Å². The van der Waals surface area contributed by atoms with Crippen LogP contribution in [0.1, 0.15) is 40.3 Å². The van der Waals surface area contributed by atoms with Crippen LogP contribution in [0.25, 0.3) is 0 Å². The Kier molecular flexibility index (Phi) is 4.65. The molecule has 0 amide bonds. The maximum absolute atomic E-state index is 11.1. The predicted molar refractivity (Wildman–Crippen MR) is 75.4 cm³/mol. The van der Waals surface area contributed by atoms with Crippen molar-refractivity contribution in [2.75, 3.05) is 0 Å². The van der Waals surface area contributed by atoms with Crippen LogP contribution < -0.4 is 5.32 Å². The Morgan fingerprint density at radius 1 is 1.47 bits per heavy atom. The standard InChI is InChI=1S/C14H16N2O2S/c1-2-12(13-15-7-8-19-13)16-9-10-5-3-4-6-11(10)14(17)18/h3-8,12,16H,2,9H2,1H3,(H,17,18). The summed E-state index contributed by atoms with van der Waals surface area (Å²) in [5.41, 5.74) is 1.15. The second-order valence-corrected chi connectivity index (χ2v) is 5.10. The van der Waals surface area contributed by atoms with Gasteiger partial charge < -0.3 is 10.4 Å². The zero-order valence-corrected chi connectivity index (χ0v) is 11.5. The van der Waals surface area contributed by atoms with Crippen LogP contribution in [0.2, 0.25) is 0 Å². The van der Waals surface area contributed by atoms with Crippen LogP contribution in [0.4, 0.5) is 0 Å². The normalized spacial score (nSPS) is 12.3. The minimum absolute atomic E-state index is 0.168. The lowest BCUT2D eigenvalue weighted by atomic mass is 10.1. The first kappa shape index (κ1) is 13.7. The Balaban J connectivity index is 2.08. The van der Waals surface area contributed by atoms with E-state index in [1.807, 2.05) is 17.5 Å². The number of nitrogens with one attached hydrogen (secondary N) is 1.